The minimum absolute atomic E-state index is 0.0360. The maximum absolute atomic E-state index is 13.6. The van der Waals surface area contributed by atoms with Gasteiger partial charge in [0.15, 0.2) is 0 Å². The maximum atomic E-state index is 13.6. The number of likely N-dealkylation sites (tertiary alicyclic amines) is 1. The smallest absolute Gasteiger partial charge is 0.298 e. The predicted octanol–water partition coefficient (Wildman–Crippen LogP) is 4.90. The van der Waals surface area contributed by atoms with Gasteiger partial charge in [-0.3, -0.25) is 4.79 Å². The van der Waals surface area contributed by atoms with Crippen molar-refractivity contribution < 1.29 is 9.53 Å². The van der Waals surface area contributed by atoms with Gasteiger partial charge in [0.1, 0.15) is 13.8 Å². The number of hydrogen-bond acceptors (Lipinski definition) is 3. The van der Waals surface area contributed by atoms with Crippen LogP contribution in [0.4, 0.5) is 0 Å². The Hall–Kier alpha value is -1.77. The molecule has 31 heavy (non-hydrogen) atoms. The van der Waals surface area contributed by atoms with Crippen molar-refractivity contribution in [3.05, 3.63) is 29.3 Å². The first-order valence-electron chi connectivity index (χ1n) is 11.9. The Morgan fingerprint density at radius 1 is 1.23 bits per heavy atom. The lowest BCUT2D eigenvalue weighted by atomic mass is 9.77. The van der Waals surface area contributed by atoms with Crippen LogP contribution in [0, 0.1) is 17.4 Å². The zero-order valence-electron chi connectivity index (χ0n) is 20.3. The summed E-state index contributed by atoms with van der Waals surface area (Å²) in [6, 6.07) is 6.80. The van der Waals surface area contributed by atoms with Gasteiger partial charge in [-0.2, -0.15) is 0 Å². The first kappa shape index (κ1) is 23.9. The largest absolute Gasteiger partial charge is 0.497 e. The van der Waals surface area contributed by atoms with E-state index < -0.39 is 8.07 Å². The number of piperidine rings is 1. The van der Waals surface area contributed by atoms with Crippen molar-refractivity contribution in [3.8, 4) is 17.2 Å². The van der Waals surface area contributed by atoms with E-state index in [0.29, 0.717) is 5.92 Å². The molecule has 0 N–H and O–H groups in total. The summed E-state index contributed by atoms with van der Waals surface area (Å²) in [5, 5.41) is 0. The zero-order valence-corrected chi connectivity index (χ0v) is 21.3. The van der Waals surface area contributed by atoms with E-state index in [1.165, 1.54) is 11.1 Å². The van der Waals surface area contributed by atoms with Crippen LogP contribution in [0.2, 0.25) is 19.6 Å². The van der Waals surface area contributed by atoms with Crippen molar-refractivity contribution in [2.45, 2.75) is 77.2 Å². The monoisotopic (exact) mass is 440 g/mol. The van der Waals surface area contributed by atoms with Crippen LogP contribution in [0.5, 0.6) is 5.75 Å². The molecule has 1 aromatic carbocycles. The number of methoxy groups -OCH3 is 1. The van der Waals surface area contributed by atoms with Gasteiger partial charge >= 0.3 is 0 Å². The van der Waals surface area contributed by atoms with Crippen molar-refractivity contribution in [2.75, 3.05) is 27.2 Å². The number of fused-ring (bicyclic) bond motifs is 1. The molecule has 1 amide bonds. The maximum Gasteiger partial charge on any atom is 0.298 e. The number of rotatable bonds is 5. The van der Waals surface area contributed by atoms with Gasteiger partial charge in [0.05, 0.1) is 13.2 Å². The number of benzene rings is 1. The van der Waals surface area contributed by atoms with E-state index >= 15 is 0 Å². The summed E-state index contributed by atoms with van der Waals surface area (Å²) < 4.78 is 5.54. The minimum atomic E-state index is -1.62. The van der Waals surface area contributed by atoms with E-state index in [1.54, 1.807) is 7.11 Å². The summed E-state index contributed by atoms with van der Waals surface area (Å²) in [5.41, 5.74) is 6.00. The molecule has 5 heteroatoms. The summed E-state index contributed by atoms with van der Waals surface area (Å²) in [7, 11) is 2.31. The van der Waals surface area contributed by atoms with Gasteiger partial charge in [-0.05, 0) is 80.9 Å². The molecule has 2 aliphatic rings. The average Bonchev–Trinajstić information content (AvgIpc) is 2.74. The van der Waals surface area contributed by atoms with Crippen molar-refractivity contribution in [3.63, 3.8) is 0 Å². The normalized spacial score (nSPS) is 22.5. The fraction of sp³-hybridized carbons (Fsp3) is 0.654. The van der Waals surface area contributed by atoms with Gasteiger partial charge in [-0.15, -0.1) is 5.54 Å². The van der Waals surface area contributed by atoms with Crippen molar-refractivity contribution in [2.24, 2.45) is 5.92 Å². The Morgan fingerprint density at radius 3 is 2.55 bits per heavy atom. The molecule has 1 fully saturated rings. The van der Waals surface area contributed by atoms with E-state index in [9.17, 15) is 4.79 Å². The number of hydrogen-bond donors (Lipinski definition) is 0. The van der Waals surface area contributed by atoms with Gasteiger partial charge in [0.2, 0.25) is 0 Å². The lowest BCUT2D eigenvalue weighted by Gasteiger charge is -2.47. The molecule has 170 valence electrons. The van der Waals surface area contributed by atoms with Gasteiger partial charge in [0, 0.05) is 6.04 Å². The third-order valence-corrected chi connectivity index (χ3v) is 7.57. The van der Waals surface area contributed by atoms with Crippen LogP contribution in [0.25, 0.3) is 0 Å². The van der Waals surface area contributed by atoms with Crippen LogP contribution < -0.4 is 4.74 Å². The zero-order chi connectivity index (χ0) is 22.6. The summed E-state index contributed by atoms with van der Waals surface area (Å²) in [6.45, 7) is 11.0. The molecule has 4 nitrogen and oxygen atoms in total. The van der Waals surface area contributed by atoms with Gasteiger partial charge in [-0.1, -0.05) is 45.5 Å². The highest BCUT2D eigenvalue weighted by Gasteiger charge is 2.41. The Bertz CT molecular complexity index is 828. The Labute approximate surface area is 190 Å². The highest BCUT2D eigenvalue weighted by atomic mass is 28.3. The molecule has 0 bridgehead atoms. The van der Waals surface area contributed by atoms with Gasteiger partial charge in [0.25, 0.3) is 5.91 Å². The number of carbonyl (C=O) groups is 1. The molecule has 1 saturated heterocycles. The molecule has 0 radical (unpaired) electrons. The predicted molar refractivity (Wildman–Crippen MR) is 131 cm³/mol. The molecule has 0 aromatic heterocycles. The Balaban J connectivity index is 2.05. The van der Waals surface area contributed by atoms with Crippen LogP contribution in [-0.2, 0) is 11.2 Å². The number of ether oxygens (including phenoxy) is 1. The summed E-state index contributed by atoms with van der Waals surface area (Å²) in [5.74, 6) is 4.52. The van der Waals surface area contributed by atoms with Crippen LogP contribution in [0.1, 0.15) is 56.2 Å². The molecule has 0 spiro atoms. The van der Waals surface area contributed by atoms with Gasteiger partial charge in [-0.25, -0.2) is 0 Å². The van der Waals surface area contributed by atoms with Crippen LogP contribution in [-0.4, -0.2) is 57.1 Å². The van der Waals surface area contributed by atoms with E-state index in [4.69, 9.17) is 4.74 Å². The van der Waals surface area contributed by atoms with Gasteiger partial charge < -0.3 is 14.5 Å². The lowest BCUT2D eigenvalue weighted by molar-refractivity contribution is -0.133. The van der Waals surface area contributed by atoms with E-state index in [2.05, 4.69) is 73.1 Å². The second-order valence-corrected chi connectivity index (χ2v) is 15.1. The summed E-state index contributed by atoms with van der Waals surface area (Å²) in [4.78, 5) is 18.2. The van der Waals surface area contributed by atoms with E-state index in [1.807, 2.05) is 0 Å². The van der Waals surface area contributed by atoms with Crippen molar-refractivity contribution >= 4 is 14.0 Å². The second-order valence-electron chi connectivity index (χ2n) is 10.4. The fourth-order valence-corrected chi connectivity index (χ4v) is 5.49. The molecular weight excluding hydrogens is 400 g/mol. The quantitative estimate of drug-likeness (QED) is 0.482. The Kier molecular flexibility index (Phi) is 7.88. The topological polar surface area (TPSA) is 32.8 Å². The lowest BCUT2D eigenvalue weighted by Crippen LogP contribution is -2.50. The number of amides is 1. The molecule has 2 aliphatic heterocycles. The summed E-state index contributed by atoms with van der Waals surface area (Å²) in [6.07, 6.45) is 6.46. The molecular formula is C26H40N2O2Si. The van der Waals surface area contributed by atoms with Crippen molar-refractivity contribution in [1.82, 2.24) is 9.80 Å². The molecule has 0 saturated carbocycles. The fourth-order valence-electron chi connectivity index (χ4n) is 5.01. The number of nitrogens with zero attached hydrogens (tertiary/aromatic N) is 2. The molecule has 2 heterocycles. The van der Waals surface area contributed by atoms with Crippen molar-refractivity contribution in [1.29, 1.82) is 0 Å². The molecule has 3 rings (SSSR count). The standard InChI is InChI=1S/C26H40N2O2Si/c1-7-8-9-22-18-21-19-23(30-3)10-11-24(21)26(20-12-15-27(2)16-13-20)28(22)25(29)14-17-31(4,5)6/h10-11,19-20,22,26H,7-9,12-13,15-16,18H2,1-6H3/t22-,26?/m0/s1. The molecule has 1 aromatic rings. The third kappa shape index (κ3) is 5.93. The average molecular weight is 441 g/mol. The molecule has 2 atom stereocenters. The first-order valence-corrected chi connectivity index (χ1v) is 15.4. The highest BCUT2D eigenvalue weighted by Crippen LogP contribution is 2.43. The van der Waals surface area contributed by atoms with Crippen LogP contribution in [0.15, 0.2) is 18.2 Å². The van der Waals surface area contributed by atoms with Crippen LogP contribution in [0.3, 0.4) is 0 Å². The highest BCUT2D eigenvalue weighted by molar-refractivity contribution is 6.84. The second kappa shape index (κ2) is 10.2. The molecule has 0 aliphatic carbocycles. The number of unbranched alkanes of at least 4 members (excludes halogenated alkanes) is 1. The first-order chi connectivity index (χ1) is 14.7. The Morgan fingerprint density at radius 2 is 1.94 bits per heavy atom. The third-order valence-electron chi connectivity index (χ3n) is 6.70. The van der Waals surface area contributed by atoms with Crippen LogP contribution >= 0.6 is 0 Å². The summed E-state index contributed by atoms with van der Waals surface area (Å²) >= 11 is 0. The number of carbonyl (C=O) groups excluding carboxylic acids is 1. The molecule has 1 unspecified atom stereocenters. The van der Waals surface area contributed by atoms with E-state index in [0.717, 1.165) is 57.4 Å². The SMILES string of the molecule is CCCC[C@H]1Cc2cc(OC)ccc2C(C2CCN(C)CC2)N1C(=O)C#C[Si](C)(C)C. The minimum Gasteiger partial charge on any atom is -0.497 e. The van der Waals surface area contributed by atoms with E-state index in [-0.39, 0.29) is 18.0 Å².